The Morgan fingerprint density at radius 1 is 1.14 bits per heavy atom. The summed E-state index contributed by atoms with van der Waals surface area (Å²) in [7, 11) is -3.41. The van der Waals surface area contributed by atoms with E-state index in [1.165, 1.54) is 5.56 Å². The highest BCUT2D eigenvalue weighted by Gasteiger charge is 2.38. The molecule has 3 nitrogen and oxygen atoms in total. The van der Waals surface area contributed by atoms with Gasteiger partial charge in [0.05, 0.1) is 4.90 Å². The lowest BCUT2D eigenvalue weighted by Gasteiger charge is -2.21. The van der Waals surface area contributed by atoms with Crippen LogP contribution in [0.2, 0.25) is 0 Å². The molecule has 0 unspecified atom stereocenters. The van der Waals surface area contributed by atoms with Gasteiger partial charge < -0.3 is 0 Å². The molecule has 1 saturated carbocycles. The molecule has 1 fully saturated rings. The van der Waals surface area contributed by atoms with Gasteiger partial charge in [0.2, 0.25) is 10.0 Å². The number of rotatable bonds is 7. The molecule has 0 spiro atoms. The first kappa shape index (κ1) is 15.7. The average molecular weight is 335 g/mol. The van der Waals surface area contributed by atoms with Crippen LogP contribution >= 0.6 is 11.3 Å². The van der Waals surface area contributed by atoms with Gasteiger partial charge in [-0.05, 0) is 59.3 Å². The molecule has 0 aliphatic heterocycles. The minimum Gasteiger partial charge on any atom is -0.207 e. The van der Waals surface area contributed by atoms with Crippen LogP contribution < -0.4 is 0 Å². The van der Waals surface area contributed by atoms with Crippen LogP contribution in [0.3, 0.4) is 0 Å². The van der Waals surface area contributed by atoms with Crippen molar-refractivity contribution < 1.29 is 8.42 Å². The van der Waals surface area contributed by atoms with Crippen LogP contribution in [0.25, 0.3) is 0 Å². The zero-order valence-corrected chi connectivity index (χ0v) is 14.4. The van der Waals surface area contributed by atoms with Crippen molar-refractivity contribution in [2.45, 2.75) is 50.1 Å². The van der Waals surface area contributed by atoms with Gasteiger partial charge in [0.1, 0.15) is 0 Å². The van der Waals surface area contributed by atoms with Gasteiger partial charge in [0.15, 0.2) is 0 Å². The summed E-state index contributed by atoms with van der Waals surface area (Å²) in [6.45, 7) is 2.60. The first-order valence-corrected chi connectivity index (χ1v) is 10.1. The molecule has 0 N–H and O–H groups in total. The van der Waals surface area contributed by atoms with E-state index in [-0.39, 0.29) is 6.04 Å². The Bertz CT molecular complexity index is 702. The fourth-order valence-electron chi connectivity index (χ4n) is 2.59. The Morgan fingerprint density at radius 2 is 1.86 bits per heavy atom. The van der Waals surface area contributed by atoms with Crippen molar-refractivity contribution in [1.29, 1.82) is 0 Å². The predicted octanol–water partition coefficient (Wildman–Crippen LogP) is 4.05. The lowest BCUT2D eigenvalue weighted by molar-refractivity contribution is 0.399. The molecule has 0 amide bonds. The van der Waals surface area contributed by atoms with Gasteiger partial charge in [-0.1, -0.05) is 25.5 Å². The van der Waals surface area contributed by atoms with Gasteiger partial charge in [-0.2, -0.15) is 15.6 Å². The van der Waals surface area contributed by atoms with Gasteiger partial charge >= 0.3 is 0 Å². The number of benzene rings is 1. The second-order valence-electron chi connectivity index (χ2n) is 5.81. The molecule has 0 radical (unpaired) electrons. The van der Waals surface area contributed by atoms with Crippen molar-refractivity contribution in [2.75, 3.05) is 0 Å². The summed E-state index contributed by atoms with van der Waals surface area (Å²) in [4.78, 5) is 0.412. The van der Waals surface area contributed by atoms with E-state index in [1.54, 1.807) is 27.8 Å². The zero-order chi connectivity index (χ0) is 15.6. The Morgan fingerprint density at radius 3 is 2.41 bits per heavy atom. The fourth-order valence-corrected chi connectivity index (χ4v) is 4.92. The van der Waals surface area contributed by atoms with Crippen LogP contribution in [0.5, 0.6) is 0 Å². The summed E-state index contributed by atoms with van der Waals surface area (Å²) in [5, 5.41) is 4.02. The second kappa shape index (κ2) is 6.52. The molecule has 22 heavy (non-hydrogen) atoms. The highest BCUT2D eigenvalue weighted by molar-refractivity contribution is 7.89. The maximum Gasteiger partial charge on any atom is 0.243 e. The maximum absolute atomic E-state index is 12.9. The molecule has 0 bridgehead atoms. The average Bonchev–Trinajstić information content (AvgIpc) is 3.21. The lowest BCUT2D eigenvalue weighted by Crippen LogP contribution is -2.32. The standard InChI is InChI=1S/C17H21NO2S2/c1-2-3-14-4-8-17(9-5-14)22(19,20)18(16-6-7-16)12-15-10-11-21-13-15/h4-5,8-11,13,16H,2-3,6-7,12H2,1H3. The third-order valence-corrected chi connectivity index (χ3v) is 6.59. The van der Waals surface area contributed by atoms with Crippen LogP contribution in [0.15, 0.2) is 46.0 Å². The Balaban J connectivity index is 1.85. The molecule has 118 valence electrons. The summed E-state index contributed by atoms with van der Waals surface area (Å²) >= 11 is 1.61. The van der Waals surface area contributed by atoms with E-state index in [2.05, 4.69) is 6.92 Å². The monoisotopic (exact) mass is 335 g/mol. The van der Waals surface area contributed by atoms with E-state index in [4.69, 9.17) is 0 Å². The van der Waals surface area contributed by atoms with Gasteiger partial charge in [0.25, 0.3) is 0 Å². The summed E-state index contributed by atoms with van der Waals surface area (Å²) < 4.78 is 27.5. The van der Waals surface area contributed by atoms with E-state index in [0.717, 1.165) is 31.2 Å². The van der Waals surface area contributed by atoms with E-state index >= 15 is 0 Å². The number of hydrogen-bond acceptors (Lipinski definition) is 3. The smallest absolute Gasteiger partial charge is 0.207 e. The largest absolute Gasteiger partial charge is 0.243 e. The van der Waals surface area contributed by atoms with Crippen molar-refractivity contribution in [3.05, 3.63) is 52.2 Å². The van der Waals surface area contributed by atoms with E-state index in [9.17, 15) is 8.42 Å². The number of aryl methyl sites for hydroxylation is 1. The fraction of sp³-hybridized carbons (Fsp3) is 0.412. The summed E-state index contributed by atoms with van der Waals surface area (Å²) in [5.74, 6) is 0. The molecule has 1 aromatic heterocycles. The molecule has 0 atom stereocenters. The molecule has 0 saturated heterocycles. The topological polar surface area (TPSA) is 37.4 Å². The molecular weight excluding hydrogens is 314 g/mol. The summed E-state index contributed by atoms with van der Waals surface area (Å²) in [5.41, 5.74) is 2.26. The van der Waals surface area contributed by atoms with Crippen LogP contribution in [-0.4, -0.2) is 18.8 Å². The van der Waals surface area contributed by atoms with Gasteiger partial charge in [-0.25, -0.2) is 8.42 Å². The number of thiophene rings is 1. The minimum atomic E-state index is -3.41. The molecule has 1 heterocycles. The molecule has 1 aliphatic carbocycles. The molecule has 2 aromatic rings. The normalized spacial score (nSPS) is 15.4. The van der Waals surface area contributed by atoms with Crippen molar-refractivity contribution >= 4 is 21.4 Å². The van der Waals surface area contributed by atoms with Gasteiger partial charge in [-0.15, -0.1) is 0 Å². The van der Waals surface area contributed by atoms with E-state index < -0.39 is 10.0 Å². The van der Waals surface area contributed by atoms with Crippen molar-refractivity contribution in [3.8, 4) is 0 Å². The SMILES string of the molecule is CCCc1ccc(S(=O)(=O)N(Cc2ccsc2)C2CC2)cc1. The van der Waals surface area contributed by atoms with Crippen LogP contribution in [-0.2, 0) is 23.0 Å². The third-order valence-electron chi connectivity index (χ3n) is 3.94. The van der Waals surface area contributed by atoms with E-state index in [1.807, 2.05) is 29.0 Å². The second-order valence-corrected chi connectivity index (χ2v) is 8.48. The van der Waals surface area contributed by atoms with Crippen LogP contribution in [0.1, 0.15) is 37.3 Å². The lowest BCUT2D eigenvalue weighted by atomic mass is 10.1. The Labute approximate surface area is 136 Å². The molecule has 1 aromatic carbocycles. The van der Waals surface area contributed by atoms with Gasteiger partial charge in [0, 0.05) is 12.6 Å². The number of hydrogen-bond donors (Lipinski definition) is 0. The maximum atomic E-state index is 12.9. The quantitative estimate of drug-likeness (QED) is 0.765. The number of sulfonamides is 1. The Hall–Kier alpha value is -1.17. The molecular formula is C17H21NO2S2. The third kappa shape index (κ3) is 3.42. The molecule has 5 heteroatoms. The molecule has 1 aliphatic rings. The predicted molar refractivity (Wildman–Crippen MR) is 90.5 cm³/mol. The minimum absolute atomic E-state index is 0.167. The highest BCUT2D eigenvalue weighted by Crippen LogP contribution is 2.33. The van der Waals surface area contributed by atoms with Crippen molar-refractivity contribution in [1.82, 2.24) is 4.31 Å². The van der Waals surface area contributed by atoms with E-state index in [0.29, 0.717) is 11.4 Å². The highest BCUT2D eigenvalue weighted by atomic mass is 32.2. The summed E-state index contributed by atoms with van der Waals surface area (Å²) in [6, 6.07) is 9.55. The Kier molecular flexibility index (Phi) is 4.66. The number of nitrogens with zero attached hydrogens (tertiary/aromatic N) is 1. The first-order chi connectivity index (χ1) is 10.6. The van der Waals surface area contributed by atoms with Gasteiger partial charge in [-0.3, -0.25) is 0 Å². The summed E-state index contributed by atoms with van der Waals surface area (Å²) in [6.07, 6.45) is 3.99. The molecule has 3 rings (SSSR count). The first-order valence-electron chi connectivity index (χ1n) is 7.73. The van der Waals surface area contributed by atoms with Crippen molar-refractivity contribution in [3.63, 3.8) is 0 Å². The van der Waals surface area contributed by atoms with Crippen molar-refractivity contribution in [2.24, 2.45) is 0 Å². The van der Waals surface area contributed by atoms with Crippen LogP contribution in [0, 0.1) is 0 Å². The zero-order valence-electron chi connectivity index (χ0n) is 12.7. The van der Waals surface area contributed by atoms with Crippen LogP contribution in [0.4, 0.5) is 0 Å².